The molecule has 0 saturated heterocycles. The lowest BCUT2D eigenvalue weighted by Gasteiger charge is -2.23. The summed E-state index contributed by atoms with van der Waals surface area (Å²) >= 11 is 5.46. The molecule has 0 unspecified atom stereocenters. The van der Waals surface area contributed by atoms with Crippen molar-refractivity contribution in [2.24, 2.45) is 0 Å². The summed E-state index contributed by atoms with van der Waals surface area (Å²) in [6.07, 6.45) is 0. The highest BCUT2D eigenvalue weighted by molar-refractivity contribution is 7.80. The number of nitrogens with one attached hydrogen (secondary N) is 3. The van der Waals surface area contributed by atoms with Crippen LogP contribution in [-0.4, -0.2) is 25.8 Å². The van der Waals surface area contributed by atoms with Crippen LogP contribution in [0, 0.1) is 13.8 Å². The van der Waals surface area contributed by atoms with Crippen LogP contribution in [0.4, 0.5) is 5.69 Å². The maximum Gasteiger partial charge on any atom is 0.171 e. The monoisotopic (exact) mass is 328 g/mol. The van der Waals surface area contributed by atoms with Crippen molar-refractivity contribution in [1.82, 2.24) is 5.32 Å². The molecular weight excluding hydrogens is 302 g/mol. The van der Waals surface area contributed by atoms with Gasteiger partial charge in [-0.25, -0.2) is 0 Å². The van der Waals surface area contributed by atoms with Gasteiger partial charge in [0.15, 0.2) is 5.11 Å². The van der Waals surface area contributed by atoms with Crippen LogP contribution in [0.3, 0.4) is 0 Å². The van der Waals surface area contributed by atoms with Gasteiger partial charge in [0.1, 0.15) is 6.04 Å². The fourth-order valence-electron chi connectivity index (χ4n) is 2.57. The summed E-state index contributed by atoms with van der Waals surface area (Å²) < 4.78 is 0. The maximum absolute atomic E-state index is 5.46. The van der Waals surface area contributed by atoms with Gasteiger partial charge < -0.3 is 15.5 Å². The van der Waals surface area contributed by atoms with Gasteiger partial charge in [-0.05, 0) is 43.3 Å². The standard InChI is InChI=1S/C19H25N3S/c1-14-10-11-15(2)17(12-14)21-19(23)20-13-18(22(3)4)16-8-6-5-7-9-16/h5-12,18H,13H2,1-4H3,(H2,20,21,23)/p+1/t18-/m0/s1. The normalized spacial score (nSPS) is 12.0. The highest BCUT2D eigenvalue weighted by Crippen LogP contribution is 2.16. The average Bonchev–Trinajstić information content (AvgIpc) is 2.52. The van der Waals surface area contributed by atoms with E-state index in [1.807, 2.05) is 6.07 Å². The molecule has 0 aliphatic carbocycles. The summed E-state index contributed by atoms with van der Waals surface area (Å²) in [5.41, 5.74) is 4.80. The topological polar surface area (TPSA) is 28.5 Å². The average molecular weight is 329 g/mol. The van der Waals surface area contributed by atoms with Crippen LogP contribution in [0.1, 0.15) is 22.7 Å². The third-order valence-electron chi connectivity index (χ3n) is 4.01. The first-order valence-corrected chi connectivity index (χ1v) is 8.35. The highest BCUT2D eigenvalue weighted by Gasteiger charge is 2.17. The van der Waals surface area contributed by atoms with Gasteiger partial charge in [-0.1, -0.05) is 42.5 Å². The lowest BCUT2D eigenvalue weighted by atomic mass is 10.1. The molecule has 23 heavy (non-hydrogen) atoms. The zero-order valence-corrected chi connectivity index (χ0v) is 15.1. The predicted molar refractivity (Wildman–Crippen MR) is 102 cm³/mol. The molecule has 3 nitrogen and oxygen atoms in total. The van der Waals surface area contributed by atoms with Gasteiger partial charge in [-0.15, -0.1) is 0 Å². The number of benzene rings is 2. The van der Waals surface area contributed by atoms with Crippen LogP contribution in [-0.2, 0) is 0 Å². The Bertz CT molecular complexity index is 653. The van der Waals surface area contributed by atoms with Gasteiger partial charge in [0, 0.05) is 11.3 Å². The number of hydrogen-bond acceptors (Lipinski definition) is 1. The minimum Gasteiger partial charge on any atom is -0.356 e. The van der Waals surface area contributed by atoms with Crippen molar-refractivity contribution in [2.75, 3.05) is 26.0 Å². The summed E-state index contributed by atoms with van der Waals surface area (Å²) in [6.45, 7) is 4.96. The van der Waals surface area contributed by atoms with Gasteiger partial charge in [0.25, 0.3) is 0 Å². The molecule has 122 valence electrons. The van der Waals surface area contributed by atoms with E-state index >= 15 is 0 Å². The zero-order chi connectivity index (χ0) is 16.8. The molecule has 0 bridgehead atoms. The van der Waals surface area contributed by atoms with Crippen molar-refractivity contribution >= 4 is 23.0 Å². The smallest absolute Gasteiger partial charge is 0.171 e. The highest BCUT2D eigenvalue weighted by atomic mass is 32.1. The van der Waals surface area contributed by atoms with E-state index in [1.54, 1.807) is 0 Å². The second-order valence-corrected chi connectivity index (χ2v) is 6.60. The van der Waals surface area contributed by atoms with Crippen LogP contribution >= 0.6 is 12.2 Å². The maximum atomic E-state index is 5.46. The van der Waals surface area contributed by atoms with Crippen molar-refractivity contribution in [2.45, 2.75) is 19.9 Å². The Labute approximate surface area is 144 Å². The van der Waals surface area contributed by atoms with Crippen LogP contribution in [0.25, 0.3) is 0 Å². The van der Waals surface area contributed by atoms with Crippen LogP contribution in [0.15, 0.2) is 48.5 Å². The quantitative estimate of drug-likeness (QED) is 0.737. The summed E-state index contributed by atoms with van der Waals surface area (Å²) in [7, 11) is 4.33. The molecule has 1 atom stereocenters. The summed E-state index contributed by atoms with van der Waals surface area (Å²) in [6, 6.07) is 17.2. The Balaban J connectivity index is 1.98. The fraction of sp³-hybridized carbons (Fsp3) is 0.316. The molecule has 0 aliphatic rings. The number of quaternary nitrogens is 1. The Morgan fingerprint density at radius 2 is 1.78 bits per heavy atom. The van der Waals surface area contributed by atoms with Crippen LogP contribution in [0.5, 0.6) is 0 Å². The Morgan fingerprint density at radius 3 is 2.43 bits per heavy atom. The second-order valence-electron chi connectivity index (χ2n) is 6.19. The number of rotatable bonds is 5. The van der Waals surface area contributed by atoms with Gasteiger partial charge in [0.05, 0.1) is 20.6 Å². The third-order valence-corrected chi connectivity index (χ3v) is 4.25. The second kappa shape index (κ2) is 8.09. The van der Waals surface area contributed by atoms with E-state index < -0.39 is 0 Å². The van der Waals surface area contributed by atoms with Crippen LogP contribution in [0.2, 0.25) is 0 Å². The van der Waals surface area contributed by atoms with Gasteiger partial charge in [0.2, 0.25) is 0 Å². The van der Waals surface area contributed by atoms with Gasteiger partial charge in [-0.3, -0.25) is 0 Å². The SMILES string of the molecule is Cc1ccc(C)c(NC(=S)NC[C@@H](c2ccccc2)[NH+](C)C)c1. The molecule has 0 fully saturated rings. The lowest BCUT2D eigenvalue weighted by Crippen LogP contribution is -3.07. The minimum absolute atomic E-state index is 0.356. The molecule has 0 aliphatic heterocycles. The molecule has 3 N–H and O–H groups in total. The first kappa shape index (κ1) is 17.4. The van der Waals surface area contributed by atoms with E-state index in [0.717, 1.165) is 12.2 Å². The fourth-order valence-corrected chi connectivity index (χ4v) is 2.77. The van der Waals surface area contributed by atoms with Crippen molar-refractivity contribution in [3.8, 4) is 0 Å². The molecule has 2 aromatic rings. The van der Waals surface area contributed by atoms with E-state index in [0.29, 0.717) is 11.2 Å². The van der Waals surface area contributed by atoms with E-state index in [-0.39, 0.29) is 0 Å². The van der Waals surface area contributed by atoms with Gasteiger partial charge >= 0.3 is 0 Å². The molecule has 4 heteroatoms. The van der Waals surface area contributed by atoms with E-state index in [1.165, 1.54) is 21.6 Å². The molecule has 2 aromatic carbocycles. The Morgan fingerprint density at radius 1 is 1.09 bits per heavy atom. The largest absolute Gasteiger partial charge is 0.356 e. The first-order valence-electron chi connectivity index (χ1n) is 7.94. The number of thiocarbonyl (C=S) groups is 1. The molecule has 0 heterocycles. The number of aryl methyl sites for hydroxylation is 2. The van der Waals surface area contributed by atoms with E-state index in [9.17, 15) is 0 Å². The van der Waals surface area contributed by atoms with E-state index in [2.05, 4.69) is 81.0 Å². The number of anilines is 1. The molecular formula is C19H26N3S+. The lowest BCUT2D eigenvalue weighted by molar-refractivity contribution is -0.890. The van der Waals surface area contributed by atoms with Crippen molar-refractivity contribution < 1.29 is 4.90 Å². The molecule has 0 radical (unpaired) electrons. The third kappa shape index (κ3) is 5.05. The Hall–Kier alpha value is -1.91. The summed E-state index contributed by atoms with van der Waals surface area (Å²) in [4.78, 5) is 1.37. The predicted octanol–water partition coefficient (Wildman–Crippen LogP) is 2.48. The van der Waals surface area contributed by atoms with Crippen molar-refractivity contribution in [3.63, 3.8) is 0 Å². The summed E-state index contributed by atoms with van der Waals surface area (Å²) in [5.74, 6) is 0. The summed E-state index contributed by atoms with van der Waals surface area (Å²) in [5, 5.41) is 7.33. The van der Waals surface area contributed by atoms with Crippen molar-refractivity contribution in [1.29, 1.82) is 0 Å². The minimum atomic E-state index is 0.356. The number of likely N-dealkylation sites (N-methyl/N-ethyl adjacent to an activating group) is 1. The van der Waals surface area contributed by atoms with Crippen molar-refractivity contribution in [3.05, 3.63) is 65.2 Å². The molecule has 0 saturated carbocycles. The molecule has 0 spiro atoms. The van der Waals surface area contributed by atoms with E-state index in [4.69, 9.17) is 12.2 Å². The first-order chi connectivity index (χ1) is 11.0. The number of hydrogen-bond donors (Lipinski definition) is 3. The zero-order valence-electron chi connectivity index (χ0n) is 14.3. The molecule has 0 aromatic heterocycles. The molecule has 0 amide bonds. The van der Waals surface area contributed by atoms with Crippen LogP contribution < -0.4 is 15.5 Å². The molecule has 2 rings (SSSR count). The van der Waals surface area contributed by atoms with Gasteiger partial charge in [-0.2, -0.15) is 0 Å². The Kier molecular flexibility index (Phi) is 6.13.